The number of hydrogen-bond donors (Lipinski definition) is 1. The van der Waals surface area contributed by atoms with E-state index in [1.165, 1.54) is 27.1 Å². The molecule has 0 aromatic heterocycles. The van der Waals surface area contributed by atoms with Crippen molar-refractivity contribution in [3.05, 3.63) is 60.2 Å². The molecule has 2 nitrogen and oxygen atoms in total. The predicted molar refractivity (Wildman–Crippen MR) is 82.0 cm³/mol. The third kappa shape index (κ3) is 2.50. The molecule has 0 aliphatic carbocycles. The molecule has 2 heteroatoms. The van der Waals surface area contributed by atoms with Gasteiger partial charge in [0.25, 0.3) is 0 Å². The Kier molecular flexibility index (Phi) is 3.38. The van der Waals surface area contributed by atoms with Gasteiger partial charge >= 0.3 is 5.97 Å². The molecule has 0 radical (unpaired) electrons. The molecule has 0 saturated carbocycles. The van der Waals surface area contributed by atoms with Crippen LogP contribution in [-0.4, -0.2) is 11.1 Å². The Bertz CT molecular complexity index is 775. The summed E-state index contributed by atoms with van der Waals surface area (Å²) in [6.45, 7) is 0. The lowest BCUT2D eigenvalue weighted by Gasteiger charge is -2.06. The van der Waals surface area contributed by atoms with Gasteiger partial charge < -0.3 is 5.11 Å². The zero-order valence-corrected chi connectivity index (χ0v) is 11.2. The van der Waals surface area contributed by atoms with E-state index < -0.39 is 5.97 Å². The van der Waals surface area contributed by atoms with Gasteiger partial charge in [0, 0.05) is 6.42 Å². The van der Waals surface area contributed by atoms with E-state index in [-0.39, 0.29) is 6.42 Å². The fourth-order valence-electron chi connectivity index (χ4n) is 2.66. The van der Waals surface area contributed by atoms with E-state index in [4.69, 9.17) is 5.11 Å². The minimum Gasteiger partial charge on any atom is -0.481 e. The molecule has 1 N–H and O–H groups in total. The Morgan fingerprint density at radius 1 is 0.900 bits per heavy atom. The van der Waals surface area contributed by atoms with Crippen LogP contribution in [0.1, 0.15) is 18.4 Å². The summed E-state index contributed by atoms with van der Waals surface area (Å²) in [5.74, 6) is -0.725. The molecule has 0 heterocycles. The van der Waals surface area contributed by atoms with Crippen molar-refractivity contribution in [2.24, 2.45) is 0 Å². The molecular formula is C18H16O2. The minimum absolute atomic E-state index is 0.232. The van der Waals surface area contributed by atoms with E-state index in [1.807, 2.05) is 0 Å². The maximum atomic E-state index is 10.5. The van der Waals surface area contributed by atoms with Crippen LogP contribution < -0.4 is 0 Å². The standard InChI is InChI=1S/C18H16O2/c19-18(20)7-3-4-13-8-11-17-15(12-13)10-9-14-5-1-2-6-16(14)17/h1-2,5-6,8-12H,3-4,7H2,(H,19,20). The molecule has 20 heavy (non-hydrogen) atoms. The SMILES string of the molecule is O=C(O)CCCc1ccc2c(ccc3ccccc32)c1. The number of rotatable bonds is 4. The largest absolute Gasteiger partial charge is 0.481 e. The fourth-order valence-corrected chi connectivity index (χ4v) is 2.66. The molecule has 0 bridgehead atoms. The second-order valence-corrected chi connectivity index (χ2v) is 5.09. The summed E-state index contributed by atoms with van der Waals surface area (Å²) in [7, 11) is 0. The number of aliphatic carboxylic acids is 1. The summed E-state index contributed by atoms with van der Waals surface area (Å²) in [4.78, 5) is 10.5. The highest BCUT2D eigenvalue weighted by molar-refractivity contribution is 6.07. The van der Waals surface area contributed by atoms with Crippen LogP contribution in [0.5, 0.6) is 0 Å². The Morgan fingerprint density at radius 3 is 2.50 bits per heavy atom. The molecule has 3 aromatic rings. The first-order valence-corrected chi connectivity index (χ1v) is 6.86. The molecule has 0 unspecified atom stereocenters. The highest BCUT2D eigenvalue weighted by Crippen LogP contribution is 2.26. The first-order chi connectivity index (χ1) is 9.74. The van der Waals surface area contributed by atoms with Gasteiger partial charge in [0.2, 0.25) is 0 Å². The van der Waals surface area contributed by atoms with Crippen molar-refractivity contribution >= 4 is 27.5 Å². The van der Waals surface area contributed by atoms with Crippen LogP contribution in [0.2, 0.25) is 0 Å². The highest BCUT2D eigenvalue weighted by Gasteiger charge is 2.02. The number of benzene rings is 3. The van der Waals surface area contributed by atoms with Gasteiger partial charge in [0.1, 0.15) is 0 Å². The zero-order chi connectivity index (χ0) is 13.9. The topological polar surface area (TPSA) is 37.3 Å². The number of carboxylic acids is 1. The predicted octanol–water partition coefficient (Wildman–Crippen LogP) is 4.40. The zero-order valence-electron chi connectivity index (χ0n) is 11.2. The van der Waals surface area contributed by atoms with Gasteiger partial charge in [0.05, 0.1) is 0 Å². The molecule has 0 saturated heterocycles. The first-order valence-electron chi connectivity index (χ1n) is 6.86. The van der Waals surface area contributed by atoms with E-state index in [0.29, 0.717) is 6.42 Å². The smallest absolute Gasteiger partial charge is 0.303 e. The minimum atomic E-state index is -0.725. The molecule has 100 valence electrons. The van der Waals surface area contributed by atoms with Crippen molar-refractivity contribution in [1.82, 2.24) is 0 Å². The maximum Gasteiger partial charge on any atom is 0.303 e. The van der Waals surface area contributed by atoms with Crippen LogP contribution in [0.4, 0.5) is 0 Å². The monoisotopic (exact) mass is 264 g/mol. The third-order valence-corrected chi connectivity index (χ3v) is 3.67. The van der Waals surface area contributed by atoms with E-state index >= 15 is 0 Å². The van der Waals surface area contributed by atoms with Crippen LogP contribution >= 0.6 is 0 Å². The van der Waals surface area contributed by atoms with Gasteiger partial charge in [-0.1, -0.05) is 54.6 Å². The van der Waals surface area contributed by atoms with E-state index in [1.54, 1.807) is 0 Å². The Hall–Kier alpha value is -2.35. The molecule has 0 amide bonds. The van der Waals surface area contributed by atoms with Crippen LogP contribution in [0.25, 0.3) is 21.5 Å². The third-order valence-electron chi connectivity index (χ3n) is 3.67. The van der Waals surface area contributed by atoms with Crippen molar-refractivity contribution < 1.29 is 9.90 Å². The quantitative estimate of drug-likeness (QED) is 0.709. The number of carbonyl (C=O) groups is 1. The number of carboxylic acid groups (broad SMARTS) is 1. The number of aryl methyl sites for hydroxylation is 1. The van der Waals surface area contributed by atoms with Gasteiger partial charge in [-0.15, -0.1) is 0 Å². The molecule has 3 aromatic carbocycles. The van der Waals surface area contributed by atoms with Gasteiger partial charge in [-0.25, -0.2) is 0 Å². The lowest BCUT2D eigenvalue weighted by atomic mass is 9.98. The Balaban J connectivity index is 1.95. The molecule has 0 fully saturated rings. The second-order valence-electron chi connectivity index (χ2n) is 5.09. The van der Waals surface area contributed by atoms with Gasteiger partial charge in [-0.3, -0.25) is 4.79 Å². The molecule has 3 rings (SSSR count). The van der Waals surface area contributed by atoms with Crippen molar-refractivity contribution in [3.63, 3.8) is 0 Å². The Labute approximate surface area is 117 Å². The molecule has 0 aliphatic rings. The van der Waals surface area contributed by atoms with Crippen molar-refractivity contribution in [1.29, 1.82) is 0 Å². The number of hydrogen-bond acceptors (Lipinski definition) is 1. The van der Waals surface area contributed by atoms with Crippen LogP contribution in [0.3, 0.4) is 0 Å². The molecular weight excluding hydrogens is 248 g/mol. The first kappa shape index (κ1) is 12.7. The summed E-state index contributed by atoms with van der Waals surface area (Å²) in [5, 5.41) is 13.7. The molecule has 0 atom stereocenters. The van der Waals surface area contributed by atoms with Crippen LogP contribution in [0.15, 0.2) is 54.6 Å². The van der Waals surface area contributed by atoms with Crippen LogP contribution in [0, 0.1) is 0 Å². The van der Waals surface area contributed by atoms with E-state index in [2.05, 4.69) is 54.6 Å². The normalized spacial score (nSPS) is 11.0. The summed E-state index contributed by atoms with van der Waals surface area (Å²) < 4.78 is 0. The second kappa shape index (κ2) is 5.33. The van der Waals surface area contributed by atoms with Gasteiger partial charge in [0.15, 0.2) is 0 Å². The summed E-state index contributed by atoms with van der Waals surface area (Å²) in [5.41, 5.74) is 1.20. The average molecular weight is 264 g/mol. The van der Waals surface area contributed by atoms with E-state index in [9.17, 15) is 4.79 Å². The molecule has 0 aliphatic heterocycles. The lowest BCUT2D eigenvalue weighted by Crippen LogP contribution is -1.95. The van der Waals surface area contributed by atoms with Crippen molar-refractivity contribution in [2.75, 3.05) is 0 Å². The number of fused-ring (bicyclic) bond motifs is 3. The summed E-state index contributed by atoms with van der Waals surface area (Å²) in [6.07, 6.45) is 1.74. The molecule has 0 spiro atoms. The summed E-state index contributed by atoms with van der Waals surface area (Å²) in [6, 6.07) is 19.1. The Morgan fingerprint density at radius 2 is 1.65 bits per heavy atom. The van der Waals surface area contributed by atoms with Gasteiger partial charge in [-0.05, 0) is 39.9 Å². The lowest BCUT2D eigenvalue weighted by molar-refractivity contribution is -0.137. The highest BCUT2D eigenvalue weighted by atomic mass is 16.4. The van der Waals surface area contributed by atoms with Crippen molar-refractivity contribution in [3.8, 4) is 0 Å². The average Bonchev–Trinajstić information content (AvgIpc) is 2.46. The van der Waals surface area contributed by atoms with Crippen LogP contribution in [-0.2, 0) is 11.2 Å². The van der Waals surface area contributed by atoms with Crippen molar-refractivity contribution in [2.45, 2.75) is 19.3 Å². The fraction of sp³-hybridized carbons (Fsp3) is 0.167. The van der Waals surface area contributed by atoms with E-state index in [0.717, 1.165) is 6.42 Å². The van der Waals surface area contributed by atoms with Gasteiger partial charge in [-0.2, -0.15) is 0 Å². The maximum absolute atomic E-state index is 10.5. The summed E-state index contributed by atoms with van der Waals surface area (Å²) >= 11 is 0.